The van der Waals surface area contributed by atoms with E-state index >= 15 is 0 Å². The van der Waals surface area contributed by atoms with E-state index in [2.05, 4.69) is 15.5 Å². The lowest BCUT2D eigenvalue weighted by atomic mass is 10.3. The number of aromatic nitrogens is 4. The van der Waals surface area contributed by atoms with Crippen molar-refractivity contribution in [2.75, 3.05) is 24.6 Å². The molecule has 1 fully saturated rings. The Bertz CT molecular complexity index is 694. The summed E-state index contributed by atoms with van der Waals surface area (Å²) in [5, 5.41) is 10.9. The summed E-state index contributed by atoms with van der Waals surface area (Å²) in [6.07, 6.45) is 2.32. The van der Waals surface area contributed by atoms with E-state index in [1.807, 2.05) is 0 Å². The highest BCUT2D eigenvalue weighted by molar-refractivity contribution is 7.99. The molecule has 9 heteroatoms. The molecule has 1 aliphatic rings. The van der Waals surface area contributed by atoms with Crippen molar-refractivity contribution in [1.82, 2.24) is 24.5 Å². The van der Waals surface area contributed by atoms with Gasteiger partial charge in [0.15, 0.2) is 0 Å². The Labute approximate surface area is 127 Å². The Morgan fingerprint density at radius 2 is 2.10 bits per heavy atom. The zero-order valence-corrected chi connectivity index (χ0v) is 12.9. The molecule has 3 rings (SSSR count). The highest BCUT2D eigenvalue weighted by Gasteiger charge is 2.25. The first-order chi connectivity index (χ1) is 10.2. The van der Waals surface area contributed by atoms with Gasteiger partial charge in [0.25, 0.3) is 0 Å². The summed E-state index contributed by atoms with van der Waals surface area (Å²) in [6.45, 7) is 1.13. The van der Waals surface area contributed by atoms with Gasteiger partial charge in [0.1, 0.15) is 6.33 Å². The van der Waals surface area contributed by atoms with Crippen LogP contribution in [0.25, 0.3) is 5.69 Å². The van der Waals surface area contributed by atoms with Crippen LogP contribution >= 0.6 is 11.8 Å². The second kappa shape index (κ2) is 6.12. The van der Waals surface area contributed by atoms with Crippen LogP contribution in [0, 0.1) is 0 Å². The summed E-state index contributed by atoms with van der Waals surface area (Å²) in [5.74, 6) is 1.85. The third-order valence-electron chi connectivity index (χ3n) is 3.25. The van der Waals surface area contributed by atoms with Gasteiger partial charge in [-0.15, -0.1) is 5.10 Å². The Balaban J connectivity index is 1.93. The number of hydrogen-bond acceptors (Lipinski definition) is 6. The Hall–Kier alpha value is -1.45. The van der Waals surface area contributed by atoms with Crippen molar-refractivity contribution >= 4 is 21.8 Å². The predicted molar refractivity (Wildman–Crippen MR) is 79.9 cm³/mol. The zero-order valence-electron chi connectivity index (χ0n) is 11.3. The average Bonchev–Trinajstić information content (AvgIpc) is 2.89. The molecule has 0 radical (unpaired) electrons. The van der Waals surface area contributed by atoms with E-state index in [4.69, 9.17) is 0 Å². The number of nitrogens with zero attached hydrogens (tertiary/aromatic N) is 5. The van der Waals surface area contributed by atoms with Crippen molar-refractivity contribution in [3.05, 3.63) is 30.6 Å². The van der Waals surface area contributed by atoms with Crippen LogP contribution in [0.1, 0.15) is 6.42 Å². The maximum atomic E-state index is 12.7. The molecule has 0 aliphatic carbocycles. The van der Waals surface area contributed by atoms with Gasteiger partial charge in [0.05, 0.1) is 10.6 Å². The first kappa shape index (κ1) is 14.5. The summed E-state index contributed by atoms with van der Waals surface area (Å²) in [4.78, 5) is 0.280. The van der Waals surface area contributed by atoms with Crippen LogP contribution in [0.4, 0.5) is 0 Å². The van der Waals surface area contributed by atoms with Crippen LogP contribution in [0.15, 0.2) is 35.5 Å². The summed E-state index contributed by atoms with van der Waals surface area (Å²) >= 11 is 1.80. The SMILES string of the molecule is O=S(=O)(c1cccc(-n2cnnn2)c1)N1CCCSCC1. The average molecular weight is 325 g/mol. The summed E-state index contributed by atoms with van der Waals surface area (Å²) < 4.78 is 28.4. The van der Waals surface area contributed by atoms with Crippen LogP contribution in [0.5, 0.6) is 0 Å². The van der Waals surface area contributed by atoms with Crippen LogP contribution < -0.4 is 0 Å². The lowest BCUT2D eigenvalue weighted by molar-refractivity contribution is 0.435. The fourth-order valence-electron chi connectivity index (χ4n) is 2.18. The van der Waals surface area contributed by atoms with E-state index in [9.17, 15) is 8.42 Å². The second-order valence-electron chi connectivity index (χ2n) is 4.62. The van der Waals surface area contributed by atoms with Crippen LogP contribution in [0.3, 0.4) is 0 Å². The fourth-order valence-corrected chi connectivity index (χ4v) is 4.70. The minimum Gasteiger partial charge on any atom is -0.207 e. The minimum absolute atomic E-state index is 0.280. The van der Waals surface area contributed by atoms with Crippen molar-refractivity contribution in [1.29, 1.82) is 0 Å². The van der Waals surface area contributed by atoms with Gasteiger partial charge in [-0.1, -0.05) is 6.07 Å². The molecule has 112 valence electrons. The zero-order chi connectivity index (χ0) is 14.7. The molecule has 0 amide bonds. The lowest BCUT2D eigenvalue weighted by Gasteiger charge is -2.19. The van der Waals surface area contributed by atoms with Crippen molar-refractivity contribution in [2.45, 2.75) is 11.3 Å². The molecular formula is C12H15N5O2S2. The molecule has 2 heterocycles. The highest BCUT2D eigenvalue weighted by atomic mass is 32.2. The Kier molecular flexibility index (Phi) is 4.22. The molecule has 0 saturated carbocycles. The van der Waals surface area contributed by atoms with E-state index in [0.29, 0.717) is 18.8 Å². The van der Waals surface area contributed by atoms with Gasteiger partial charge < -0.3 is 0 Å². The molecule has 7 nitrogen and oxygen atoms in total. The van der Waals surface area contributed by atoms with Crippen molar-refractivity contribution in [2.24, 2.45) is 0 Å². The third-order valence-corrected chi connectivity index (χ3v) is 6.19. The first-order valence-electron chi connectivity index (χ1n) is 6.59. The molecule has 0 bridgehead atoms. The number of rotatable bonds is 3. The molecule has 0 atom stereocenters. The summed E-state index contributed by atoms with van der Waals surface area (Å²) in [5.41, 5.74) is 0.630. The third kappa shape index (κ3) is 3.09. The van der Waals surface area contributed by atoms with Gasteiger partial charge in [-0.3, -0.25) is 0 Å². The lowest BCUT2D eigenvalue weighted by Crippen LogP contribution is -2.33. The highest BCUT2D eigenvalue weighted by Crippen LogP contribution is 2.21. The van der Waals surface area contributed by atoms with Crippen LogP contribution in [0.2, 0.25) is 0 Å². The molecule has 0 N–H and O–H groups in total. The van der Waals surface area contributed by atoms with Crippen molar-refractivity contribution in [3.8, 4) is 5.69 Å². The molecular weight excluding hydrogens is 310 g/mol. The standard InChI is InChI=1S/C12H15N5O2S2/c18-21(19,16-5-2-7-20-8-6-16)12-4-1-3-11(9-12)17-10-13-14-15-17/h1,3-4,9-10H,2,5-8H2. The predicted octanol–water partition coefficient (Wildman–Crippen LogP) is 0.790. The van der Waals surface area contributed by atoms with Gasteiger partial charge in [0.2, 0.25) is 10.0 Å². The Morgan fingerprint density at radius 3 is 2.90 bits per heavy atom. The van der Waals surface area contributed by atoms with E-state index in [1.54, 1.807) is 40.3 Å². The molecule has 2 aromatic rings. The molecule has 1 aliphatic heterocycles. The van der Waals surface area contributed by atoms with Gasteiger partial charge in [-0.25, -0.2) is 13.1 Å². The molecule has 0 spiro atoms. The van der Waals surface area contributed by atoms with Crippen molar-refractivity contribution < 1.29 is 8.42 Å². The van der Waals surface area contributed by atoms with Crippen LogP contribution in [-0.4, -0.2) is 57.5 Å². The van der Waals surface area contributed by atoms with E-state index in [0.717, 1.165) is 17.9 Å². The van der Waals surface area contributed by atoms with Crippen LogP contribution in [-0.2, 0) is 10.0 Å². The number of sulfonamides is 1. The minimum atomic E-state index is -3.46. The van der Waals surface area contributed by atoms with Gasteiger partial charge >= 0.3 is 0 Å². The molecule has 1 saturated heterocycles. The Morgan fingerprint density at radius 1 is 1.19 bits per heavy atom. The fraction of sp³-hybridized carbons (Fsp3) is 0.417. The quantitative estimate of drug-likeness (QED) is 0.830. The molecule has 0 unspecified atom stereocenters. The van der Waals surface area contributed by atoms with E-state index in [-0.39, 0.29) is 4.90 Å². The molecule has 1 aromatic heterocycles. The molecule has 21 heavy (non-hydrogen) atoms. The topological polar surface area (TPSA) is 81.0 Å². The van der Waals surface area contributed by atoms with Gasteiger partial charge in [-0.2, -0.15) is 16.1 Å². The number of tetrazole rings is 1. The van der Waals surface area contributed by atoms with Gasteiger partial charge in [0, 0.05) is 18.8 Å². The van der Waals surface area contributed by atoms with E-state index < -0.39 is 10.0 Å². The van der Waals surface area contributed by atoms with Gasteiger partial charge in [-0.05, 0) is 40.8 Å². The smallest absolute Gasteiger partial charge is 0.207 e. The number of benzene rings is 1. The van der Waals surface area contributed by atoms with Crippen molar-refractivity contribution in [3.63, 3.8) is 0 Å². The largest absolute Gasteiger partial charge is 0.243 e. The molecule has 1 aromatic carbocycles. The second-order valence-corrected chi connectivity index (χ2v) is 7.78. The first-order valence-corrected chi connectivity index (χ1v) is 9.19. The monoisotopic (exact) mass is 325 g/mol. The normalized spacial score (nSPS) is 17.5. The van der Waals surface area contributed by atoms with E-state index in [1.165, 1.54) is 11.0 Å². The summed E-state index contributed by atoms with van der Waals surface area (Å²) in [6, 6.07) is 6.69. The summed E-state index contributed by atoms with van der Waals surface area (Å²) in [7, 11) is -3.46. The maximum absolute atomic E-state index is 12.7. The maximum Gasteiger partial charge on any atom is 0.243 e. The number of thioether (sulfide) groups is 1. The number of hydrogen-bond donors (Lipinski definition) is 0.